The van der Waals surface area contributed by atoms with Crippen LogP contribution in [0.5, 0.6) is 5.75 Å². The van der Waals surface area contributed by atoms with Crippen molar-refractivity contribution in [2.45, 2.75) is 25.6 Å². The number of carboxylic acid groups (broad SMARTS) is 1. The first kappa shape index (κ1) is 21.7. The summed E-state index contributed by atoms with van der Waals surface area (Å²) >= 11 is 1.33. The molecule has 0 bridgehead atoms. The zero-order valence-electron chi connectivity index (χ0n) is 16.1. The molecule has 1 aromatic heterocycles. The van der Waals surface area contributed by atoms with Gasteiger partial charge in [-0.25, -0.2) is 5.48 Å². The highest BCUT2D eigenvalue weighted by molar-refractivity contribution is 7.20. The highest BCUT2D eigenvalue weighted by Gasteiger charge is 2.11. The number of hydroxylamine groups is 1. The molecule has 1 heterocycles. The van der Waals surface area contributed by atoms with E-state index in [1.165, 1.54) is 11.3 Å². The number of fused-ring (bicyclic) bond motifs is 1. The predicted molar refractivity (Wildman–Crippen MR) is 114 cm³/mol. The maximum Gasteiger partial charge on any atom is 0.320 e. The third-order valence-corrected chi connectivity index (χ3v) is 5.60. The van der Waals surface area contributed by atoms with Gasteiger partial charge in [-0.2, -0.15) is 0 Å². The summed E-state index contributed by atoms with van der Waals surface area (Å²) in [7, 11) is 0. The fourth-order valence-corrected chi connectivity index (χ4v) is 3.85. The lowest BCUT2D eigenvalue weighted by atomic mass is 10.1. The standard InChI is InChI=1S/C21H23N3O5S/c22-17(21(26)27)7-8-29-16-5-2-13(3-6-16)11-23-12-14-1-4-15-10-19(20(25)24-28)30-18(15)9-14/h1-6,9-10,17,23,28H,7-8,11-12,22H2,(H,24,25)(H,26,27). The number of carbonyl (C=O) groups is 2. The second-order valence-corrected chi connectivity index (χ2v) is 7.84. The molecule has 3 rings (SSSR count). The van der Waals surface area contributed by atoms with Gasteiger partial charge in [-0.15, -0.1) is 11.3 Å². The van der Waals surface area contributed by atoms with Crippen LogP contribution in [-0.2, 0) is 17.9 Å². The molecule has 0 fully saturated rings. The van der Waals surface area contributed by atoms with Crippen LogP contribution in [0.3, 0.4) is 0 Å². The number of carbonyl (C=O) groups excluding carboxylic acids is 1. The van der Waals surface area contributed by atoms with Crippen molar-refractivity contribution in [2.75, 3.05) is 6.61 Å². The lowest BCUT2D eigenvalue weighted by Gasteiger charge is -2.10. The molecule has 158 valence electrons. The summed E-state index contributed by atoms with van der Waals surface area (Å²) in [5.41, 5.74) is 9.28. The van der Waals surface area contributed by atoms with Gasteiger partial charge in [0.15, 0.2) is 0 Å². The molecule has 3 aromatic rings. The molecular formula is C21H23N3O5S. The van der Waals surface area contributed by atoms with E-state index in [0.717, 1.165) is 21.2 Å². The van der Waals surface area contributed by atoms with Crippen molar-refractivity contribution in [1.29, 1.82) is 0 Å². The third kappa shape index (κ3) is 5.77. The summed E-state index contributed by atoms with van der Waals surface area (Å²) in [5, 5.41) is 21.8. The Morgan fingerprint density at radius 1 is 1.07 bits per heavy atom. The second-order valence-electron chi connectivity index (χ2n) is 6.75. The molecule has 0 radical (unpaired) electrons. The molecule has 2 aromatic carbocycles. The van der Waals surface area contributed by atoms with Crippen LogP contribution in [0.15, 0.2) is 48.5 Å². The molecule has 30 heavy (non-hydrogen) atoms. The van der Waals surface area contributed by atoms with E-state index in [4.69, 9.17) is 20.8 Å². The molecule has 9 heteroatoms. The van der Waals surface area contributed by atoms with E-state index in [1.807, 2.05) is 42.5 Å². The first-order chi connectivity index (χ1) is 14.5. The van der Waals surface area contributed by atoms with Crippen LogP contribution < -0.4 is 21.3 Å². The summed E-state index contributed by atoms with van der Waals surface area (Å²) in [6, 6.07) is 14.4. The van der Waals surface area contributed by atoms with Gasteiger partial charge in [-0.1, -0.05) is 24.3 Å². The number of amides is 1. The Kier molecular flexibility index (Phi) is 7.36. The van der Waals surface area contributed by atoms with Crippen LogP contribution in [-0.4, -0.2) is 34.8 Å². The molecule has 8 nitrogen and oxygen atoms in total. The Morgan fingerprint density at radius 2 is 1.77 bits per heavy atom. The number of ether oxygens (including phenoxy) is 1. The highest BCUT2D eigenvalue weighted by atomic mass is 32.1. The van der Waals surface area contributed by atoms with Crippen LogP contribution in [0.1, 0.15) is 27.2 Å². The topological polar surface area (TPSA) is 134 Å². The molecular weight excluding hydrogens is 406 g/mol. The van der Waals surface area contributed by atoms with Crippen molar-refractivity contribution in [2.24, 2.45) is 5.73 Å². The molecule has 0 spiro atoms. The molecule has 0 aliphatic heterocycles. The number of nitrogens with two attached hydrogens (primary N) is 1. The predicted octanol–water partition coefficient (Wildman–Crippen LogP) is 2.49. The Hall–Kier alpha value is -2.98. The third-order valence-electron chi connectivity index (χ3n) is 4.51. The van der Waals surface area contributed by atoms with E-state index >= 15 is 0 Å². The van der Waals surface area contributed by atoms with Crippen LogP contribution in [0.2, 0.25) is 0 Å². The number of carboxylic acids is 1. The molecule has 6 N–H and O–H groups in total. The number of hydrogen-bond donors (Lipinski definition) is 5. The minimum Gasteiger partial charge on any atom is -0.494 e. The maximum atomic E-state index is 11.5. The Bertz CT molecular complexity index is 1020. The summed E-state index contributed by atoms with van der Waals surface area (Å²) in [6.07, 6.45) is 0.249. The van der Waals surface area contributed by atoms with E-state index in [9.17, 15) is 9.59 Å². The van der Waals surface area contributed by atoms with Crippen molar-refractivity contribution in [1.82, 2.24) is 10.8 Å². The number of hydrogen-bond acceptors (Lipinski definition) is 7. The number of thiophene rings is 1. The molecule has 0 saturated carbocycles. The molecule has 0 aliphatic carbocycles. The minimum atomic E-state index is -1.03. The van der Waals surface area contributed by atoms with E-state index in [1.54, 1.807) is 11.5 Å². The van der Waals surface area contributed by atoms with Crippen molar-refractivity contribution < 1.29 is 24.6 Å². The number of aliphatic carboxylic acids is 1. The Labute approximate surface area is 177 Å². The van der Waals surface area contributed by atoms with E-state index in [2.05, 4.69) is 5.32 Å². The zero-order chi connectivity index (χ0) is 21.5. The van der Waals surface area contributed by atoms with Gasteiger partial charge in [0.2, 0.25) is 0 Å². The van der Waals surface area contributed by atoms with Crippen molar-refractivity contribution in [3.05, 3.63) is 64.5 Å². The molecule has 1 atom stereocenters. The monoisotopic (exact) mass is 429 g/mol. The van der Waals surface area contributed by atoms with E-state index in [-0.39, 0.29) is 13.0 Å². The van der Waals surface area contributed by atoms with Crippen molar-refractivity contribution in [3.63, 3.8) is 0 Å². The van der Waals surface area contributed by atoms with Gasteiger partial charge >= 0.3 is 5.97 Å². The van der Waals surface area contributed by atoms with Crippen LogP contribution in [0.4, 0.5) is 0 Å². The van der Waals surface area contributed by atoms with Gasteiger partial charge in [-0.05, 0) is 40.8 Å². The summed E-state index contributed by atoms with van der Waals surface area (Å²) in [5.74, 6) is -0.871. The number of benzene rings is 2. The van der Waals surface area contributed by atoms with Gasteiger partial charge in [0, 0.05) is 24.2 Å². The number of nitrogens with one attached hydrogen (secondary N) is 2. The lowest BCUT2D eigenvalue weighted by molar-refractivity contribution is -0.138. The fourth-order valence-electron chi connectivity index (χ4n) is 2.83. The Balaban J connectivity index is 1.47. The number of rotatable bonds is 10. The molecule has 0 saturated heterocycles. The maximum absolute atomic E-state index is 11.5. The lowest BCUT2D eigenvalue weighted by Crippen LogP contribution is -2.31. The first-order valence-corrected chi connectivity index (χ1v) is 10.2. The van der Waals surface area contributed by atoms with Gasteiger partial charge in [-0.3, -0.25) is 14.8 Å². The SMILES string of the molecule is NC(CCOc1ccc(CNCc2ccc3cc(C(=O)NO)sc3c2)cc1)C(=O)O. The summed E-state index contributed by atoms with van der Waals surface area (Å²) in [6.45, 7) is 1.59. The highest BCUT2D eigenvalue weighted by Crippen LogP contribution is 2.26. The summed E-state index contributed by atoms with van der Waals surface area (Å²) in [4.78, 5) is 22.7. The van der Waals surface area contributed by atoms with Crippen LogP contribution in [0.25, 0.3) is 10.1 Å². The van der Waals surface area contributed by atoms with Gasteiger partial charge < -0.3 is 20.9 Å². The van der Waals surface area contributed by atoms with Crippen molar-refractivity contribution >= 4 is 33.3 Å². The quantitative estimate of drug-likeness (QED) is 0.247. The molecule has 1 amide bonds. The van der Waals surface area contributed by atoms with Crippen LogP contribution >= 0.6 is 11.3 Å². The summed E-state index contributed by atoms with van der Waals surface area (Å²) < 4.78 is 6.50. The minimum absolute atomic E-state index is 0.248. The van der Waals surface area contributed by atoms with Crippen LogP contribution in [0, 0.1) is 0 Å². The van der Waals surface area contributed by atoms with Gasteiger partial charge in [0.25, 0.3) is 5.91 Å². The average molecular weight is 429 g/mol. The van der Waals surface area contributed by atoms with Gasteiger partial charge in [0.05, 0.1) is 11.5 Å². The first-order valence-electron chi connectivity index (χ1n) is 9.34. The molecule has 1 unspecified atom stereocenters. The largest absolute Gasteiger partial charge is 0.494 e. The van der Waals surface area contributed by atoms with E-state index < -0.39 is 17.9 Å². The zero-order valence-corrected chi connectivity index (χ0v) is 16.9. The Morgan fingerprint density at radius 3 is 2.47 bits per heavy atom. The second kappa shape index (κ2) is 10.2. The fraction of sp³-hybridized carbons (Fsp3) is 0.238. The molecule has 0 aliphatic rings. The average Bonchev–Trinajstić information content (AvgIpc) is 3.17. The van der Waals surface area contributed by atoms with Gasteiger partial charge in [0.1, 0.15) is 11.8 Å². The van der Waals surface area contributed by atoms with E-state index in [0.29, 0.717) is 23.7 Å². The van der Waals surface area contributed by atoms with Crippen molar-refractivity contribution in [3.8, 4) is 5.75 Å². The normalized spacial score (nSPS) is 11.9. The smallest absolute Gasteiger partial charge is 0.320 e.